The lowest BCUT2D eigenvalue weighted by Gasteiger charge is -2.25. The fourth-order valence-corrected chi connectivity index (χ4v) is 4.78. The van der Waals surface area contributed by atoms with E-state index in [2.05, 4.69) is 0 Å². The summed E-state index contributed by atoms with van der Waals surface area (Å²) < 4.78 is 41.2. The molecule has 1 fully saturated rings. The molecule has 2 rings (SSSR count). The first-order valence-electron chi connectivity index (χ1n) is 6.23. The van der Waals surface area contributed by atoms with E-state index in [0.717, 1.165) is 6.42 Å². The molecule has 1 saturated carbocycles. The van der Waals surface area contributed by atoms with Gasteiger partial charge in [-0.15, -0.1) is 0 Å². The number of halogens is 1. The van der Waals surface area contributed by atoms with Crippen LogP contribution in [0.4, 0.5) is 0 Å². The molecule has 0 aliphatic heterocycles. The molecule has 1 N–H and O–H groups in total. The SMILES string of the molecule is O=[P+](O)C1(OS(=O)(=O)c2ccc(Cl)cc2)CCCCC1. The molecule has 0 aromatic heterocycles. The standard InChI is InChI=1S/C12H14ClO5PS/c13-10-4-6-11(7-5-10)20(16,17)18-12(19(14)15)8-2-1-3-9-12/h4-7H,1-3,8-9H2/p+1. The van der Waals surface area contributed by atoms with Gasteiger partial charge in [0.15, 0.2) is 0 Å². The normalized spacial score (nSPS) is 19.6. The van der Waals surface area contributed by atoms with Gasteiger partial charge in [0, 0.05) is 17.9 Å². The Kier molecular flexibility index (Phi) is 4.82. The van der Waals surface area contributed by atoms with E-state index in [0.29, 0.717) is 17.9 Å². The molecule has 1 aromatic rings. The highest BCUT2D eigenvalue weighted by Crippen LogP contribution is 2.49. The molecule has 110 valence electrons. The third-order valence-electron chi connectivity index (χ3n) is 3.35. The minimum atomic E-state index is -4.08. The monoisotopic (exact) mass is 337 g/mol. The molecule has 0 heterocycles. The molecule has 5 nitrogen and oxygen atoms in total. The van der Waals surface area contributed by atoms with Crippen LogP contribution in [0, 0.1) is 0 Å². The van der Waals surface area contributed by atoms with Crippen molar-refractivity contribution in [3.8, 4) is 0 Å². The summed E-state index contributed by atoms with van der Waals surface area (Å²) in [5, 5.41) is -1.09. The lowest BCUT2D eigenvalue weighted by Crippen LogP contribution is -2.33. The second-order valence-electron chi connectivity index (χ2n) is 4.77. The van der Waals surface area contributed by atoms with E-state index in [9.17, 15) is 17.9 Å². The maximum absolute atomic E-state index is 12.2. The van der Waals surface area contributed by atoms with Gasteiger partial charge in [-0.1, -0.05) is 18.0 Å². The zero-order valence-corrected chi connectivity index (χ0v) is 13.1. The number of hydrogen-bond donors (Lipinski definition) is 1. The van der Waals surface area contributed by atoms with Crippen molar-refractivity contribution in [3.63, 3.8) is 0 Å². The van der Waals surface area contributed by atoms with Crippen LogP contribution < -0.4 is 0 Å². The molecule has 0 saturated heterocycles. The van der Waals surface area contributed by atoms with Gasteiger partial charge in [-0.25, -0.2) is 4.18 Å². The van der Waals surface area contributed by atoms with E-state index in [1.807, 2.05) is 0 Å². The van der Waals surface area contributed by atoms with Crippen LogP contribution >= 0.6 is 19.6 Å². The summed E-state index contributed by atoms with van der Waals surface area (Å²) in [6.07, 6.45) is 2.81. The molecule has 0 bridgehead atoms. The van der Waals surface area contributed by atoms with Crippen LogP contribution in [0.15, 0.2) is 29.2 Å². The third-order valence-corrected chi connectivity index (χ3v) is 6.35. The second-order valence-corrected chi connectivity index (χ2v) is 8.11. The van der Waals surface area contributed by atoms with Crippen LogP contribution in [0.25, 0.3) is 0 Å². The Bertz CT molecular complexity index is 593. The van der Waals surface area contributed by atoms with Crippen molar-refractivity contribution in [1.29, 1.82) is 0 Å². The van der Waals surface area contributed by atoms with Gasteiger partial charge in [-0.3, -0.25) is 0 Å². The van der Waals surface area contributed by atoms with E-state index >= 15 is 0 Å². The second kappa shape index (κ2) is 6.08. The molecule has 1 aliphatic rings. The van der Waals surface area contributed by atoms with Crippen molar-refractivity contribution in [3.05, 3.63) is 29.3 Å². The van der Waals surface area contributed by atoms with Crippen molar-refractivity contribution in [2.24, 2.45) is 0 Å². The Hall–Kier alpha value is -0.520. The fourth-order valence-electron chi connectivity index (χ4n) is 2.26. The molecular formula is C12H15ClO5PS+. The predicted octanol–water partition coefficient (Wildman–Crippen LogP) is 3.44. The highest BCUT2D eigenvalue weighted by molar-refractivity contribution is 7.87. The van der Waals surface area contributed by atoms with Crippen LogP contribution in [-0.2, 0) is 18.9 Å². The first-order chi connectivity index (χ1) is 9.36. The van der Waals surface area contributed by atoms with Gasteiger partial charge in [0.25, 0.3) is 0 Å². The molecule has 1 aromatic carbocycles. The minimum Gasteiger partial charge on any atom is -0.208 e. The van der Waals surface area contributed by atoms with E-state index < -0.39 is 23.5 Å². The average molecular weight is 338 g/mol. The van der Waals surface area contributed by atoms with Crippen LogP contribution in [0.2, 0.25) is 5.02 Å². The summed E-state index contributed by atoms with van der Waals surface area (Å²) >= 11 is 5.71. The molecular weight excluding hydrogens is 323 g/mol. The fraction of sp³-hybridized carbons (Fsp3) is 0.500. The molecule has 1 unspecified atom stereocenters. The van der Waals surface area contributed by atoms with Crippen molar-refractivity contribution in [2.75, 3.05) is 0 Å². The van der Waals surface area contributed by atoms with E-state index in [1.54, 1.807) is 0 Å². The molecule has 1 aliphatic carbocycles. The smallest absolute Gasteiger partial charge is 0.208 e. The Morgan fingerprint density at radius 3 is 2.20 bits per heavy atom. The zero-order valence-electron chi connectivity index (χ0n) is 10.7. The largest absolute Gasteiger partial charge is 0.542 e. The van der Waals surface area contributed by atoms with Gasteiger partial charge in [0.2, 0.25) is 0 Å². The van der Waals surface area contributed by atoms with Crippen molar-refractivity contribution in [2.45, 2.75) is 42.3 Å². The maximum Gasteiger partial charge on any atom is 0.542 e. The lowest BCUT2D eigenvalue weighted by atomic mass is 9.97. The molecule has 0 spiro atoms. The van der Waals surface area contributed by atoms with Gasteiger partial charge in [-0.2, -0.15) is 13.3 Å². The van der Waals surface area contributed by atoms with Gasteiger partial charge >= 0.3 is 23.5 Å². The van der Waals surface area contributed by atoms with Crippen LogP contribution in [0.1, 0.15) is 32.1 Å². The minimum absolute atomic E-state index is 0.0660. The van der Waals surface area contributed by atoms with Crippen LogP contribution in [0.5, 0.6) is 0 Å². The quantitative estimate of drug-likeness (QED) is 0.672. The number of benzene rings is 1. The number of hydrogen-bond acceptors (Lipinski definition) is 4. The van der Waals surface area contributed by atoms with E-state index in [-0.39, 0.29) is 17.7 Å². The van der Waals surface area contributed by atoms with Crippen molar-refractivity contribution in [1.82, 2.24) is 0 Å². The van der Waals surface area contributed by atoms with Gasteiger partial charge in [0.05, 0.1) is 4.90 Å². The Morgan fingerprint density at radius 2 is 1.70 bits per heavy atom. The third kappa shape index (κ3) is 3.38. The summed E-state index contributed by atoms with van der Waals surface area (Å²) in [4.78, 5) is 9.41. The van der Waals surface area contributed by atoms with Gasteiger partial charge < -0.3 is 0 Å². The van der Waals surface area contributed by atoms with Crippen LogP contribution in [0.3, 0.4) is 0 Å². The maximum atomic E-state index is 12.2. The molecule has 1 atom stereocenters. The summed E-state index contributed by atoms with van der Waals surface area (Å²) in [7, 11) is -6.82. The topological polar surface area (TPSA) is 80.7 Å². The highest BCUT2D eigenvalue weighted by atomic mass is 35.5. The summed E-state index contributed by atoms with van der Waals surface area (Å²) in [5.74, 6) is 0. The summed E-state index contributed by atoms with van der Waals surface area (Å²) in [5.41, 5.74) is 0. The average Bonchev–Trinajstić information content (AvgIpc) is 2.39. The summed E-state index contributed by atoms with van der Waals surface area (Å²) in [6, 6.07) is 5.51. The van der Waals surface area contributed by atoms with Crippen LogP contribution in [-0.4, -0.2) is 18.7 Å². The Balaban J connectivity index is 2.30. The molecule has 8 heteroatoms. The van der Waals surface area contributed by atoms with E-state index in [4.69, 9.17) is 15.8 Å². The molecule has 0 amide bonds. The van der Waals surface area contributed by atoms with E-state index in [1.165, 1.54) is 24.3 Å². The van der Waals surface area contributed by atoms with Crippen molar-refractivity contribution >= 4 is 29.7 Å². The zero-order chi connectivity index (χ0) is 14.8. The Labute approximate surface area is 123 Å². The Morgan fingerprint density at radius 1 is 1.15 bits per heavy atom. The summed E-state index contributed by atoms with van der Waals surface area (Å²) in [6.45, 7) is 0. The van der Waals surface area contributed by atoms with Gasteiger partial charge in [-0.05, 0) is 41.7 Å². The molecule has 0 radical (unpaired) electrons. The molecule has 20 heavy (non-hydrogen) atoms. The van der Waals surface area contributed by atoms with Gasteiger partial charge in [0.1, 0.15) is 0 Å². The first kappa shape index (κ1) is 15.9. The first-order valence-corrected chi connectivity index (χ1v) is 9.23. The lowest BCUT2D eigenvalue weighted by molar-refractivity contribution is 0.108. The highest BCUT2D eigenvalue weighted by Gasteiger charge is 2.54. The van der Waals surface area contributed by atoms with Crippen molar-refractivity contribution < 1.29 is 22.1 Å². The number of rotatable bonds is 4. The predicted molar refractivity (Wildman–Crippen MR) is 75.4 cm³/mol.